The third kappa shape index (κ3) is 2.99. The van der Waals surface area contributed by atoms with E-state index in [4.69, 9.17) is 0 Å². The molecule has 0 bridgehead atoms. The number of rotatable bonds is 5. The van der Waals surface area contributed by atoms with Crippen LogP contribution in [0.2, 0.25) is 0 Å². The third-order valence-corrected chi connectivity index (χ3v) is 0.911. The molecule has 0 aromatic carbocycles. The zero-order valence-corrected chi connectivity index (χ0v) is 5.69. The lowest BCUT2D eigenvalue weighted by Gasteiger charge is -1.92. The van der Waals surface area contributed by atoms with Crippen molar-refractivity contribution in [3.8, 4) is 0 Å². The number of nitro groups is 1. The fourth-order valence-corrected chi connectivity index (χ4v) is 0.506. The van der Waals surface area contributed by atoms with E-state index in [1.54, 1.807) is 0 Å². The first-order chi connectivity index (χ1) is 4.72. The van der Waals surface area contributed by atoms with Gasteiger partial charge in [-0.15, -0.1) is 0 Å². The van der Waals surface area contributed by atoms with Gasteiger partial charge >= 0.3 is 0 Å². The van der Waals surface area contributed by atoms with E-state index >= 15 is 0 Å². The van der Waals surface area contributed by atoms with Crippen molar-refractivity contribution in [3.05, 3.63) is 35.4 Å². The molecule has 10 heavy (non-hydrogen) atoms. The van der Waals surface area contributed by atoms with Gasteiger partial charge in [-0.2, -0.15) is 0 Å². The van der Waals surface area contributed by atoms with E-state index in [0.717, 1.165) is 5.01 Å². The molecule has 1 radical (unpaired) electrons. The Kier molecular flexibility index (Phi) is 4.15. The fourth-order valence-electron chi connectivity index (χ4n) is 0.506. The Morgan fingerprint density at radius 1 is 1.30 bits per heavy atom. The molecule has 0 aliphatic rings. The summed E-state index contributed by atoms with van der Waals surface area (Å²) in [6.07, 6.45) is 2.96. The van der Waals surface area contributed by atoms with Crippen molar-refractivity contribution in [2.24, 2.45) is 0 Å². The highest BCUT2D eigenvalue weighted by molar-refractivity contribution is 4.77. The first-order valence-corrected chi connectivity index (χ1v) is 2.83. The molecule has 0 aromatic heterocycles. The molecule has 4 nitrogen and oxygen atoms in total. The van der Waals surface area contributed by atoms with Crippen LogP contribution in [-0.2, 0) is 0 Å². The Bertz CT molecular complexity index is 135. The molecule has 0 heterocycles. The SMILES string of the molecule is C=CC[N+](CC=C)[N+](=O)[O-]. The molecule has 0 aliphatic carbocycles. The second-order valence-corrected chi connectivity index (χ2v) is 1.69. The summed E-state index contributed by atoms with van der Waals surface area (Å²) in [6, 6.07) is 0. The van der Waals surface area contributed by atoms with Gasteiger partial charge in [-0.3, -0.25) is 0 Å². The lowest BCUT2D eigenvalue weighted by molar-refractivity contribution is -0.597. The van der Waals surface area contributed by atoms with Crippen LogP contribution in [0.25, 0.3) is 0 Å². The Morgan fingerprint density at radius 2 is 1.70 bits per heavy atom. The van der Waals surface area contributed by atoms with Crippen LogP contribution >= 0.6 is 0 Å². The minimum atomic E-state index is -0.469. The minimum absolute atomic E-state index is 0.249. The van der Waals surface area contributed by atoms with Crippen molar-refractivity contribution < 1.29 is 5.03 Å². The summed E-state index contributed by atoms with van der Waals surface area (Å²) in [5, 5.41) is 10.7. The lowest BCUT2D eigenvalue weighted by atomic mass is 10.5. The maximum atomic E-state index is 10.1. The van der Waals surface area contributed by atoms with Crippen LogP contribution in [0, 0.1) is 10.1 Å². The highest BCUT2D eigenvalue weighted by Crippen LogP contribution is 1.83. The maximum Gasteiger partial charge on any atom is 0.294 e. The highest BCUT2D eigenvalue weighted by Gasteiger charge is 2.23. The Balaban J connectivity index is 3.83. The minimum Gasteiger partial charge on any atom is -0.203 e. The number of hydrogen-bond acceptors (Lipinski definition) is 2. The molecule has 4 heteroatoms. The summed E-state index contributed by atoms with van der Waals surface area (Å²) < 4.78 is 0. The van der Waals surface area contributed by atoms with Gasteiger partial charge in [-0.1, -0.05) is 13.2 Å². The summed E-state index contributed by atoms with van der Waals surface area (Å²) in [6.45, 7) is 7.27. The van der Waals surface area contributed by atoms with Gasteiger partial charge in [-0.25, -0.2) is 10.1 Å². The molecule has 0 amide bonds. The van der Waals surface area contributed by atoms with Gasteiger partial charge in [0.15, 0.2) is 5.01 Å². The lowest BCUT2D eigenvalue weighted by Crippen LogP contribution is -2.36. The molecule has 0 unspecified atom stereocenters. The van der Waals surface area contributed by atoms with E-state index in [9.17, 15) is 10.1 Å². The summed E-state index contributed by atoms with van der Waals surface area (Å²) in [5.74, 6) is 0. The van der Waals surface area contributed by atoms with Crippen LogP contribution in [-0.4, -0.2) is 18.1 Å². The van der Waals surface area contributed by atoms with Gasteiger partial charge < -0.3 is 0 Å². The highest BCUT2D eigenvalue weighted by atomic mass is 16.7. The Morgan fingerprint density at radius 3 is 1.90 bits per heavy atom. The number of nitrogens with zero attached hydrogens (tertiary/aromatic N) is 2. The molecule has 0 saturated heterocycles. The molecule has 0 saturated carbocycles. The second-order valence-electron chi connectivity index (χ2n) is 1.69. The molecular formula is C6H10N2O2+. The Hall–Kier alpha value is -1.16. The van der Waals surface area contributed by atoms with E-state index in [1.165, 1.54) is 12.2 Å². The summed E-state index contributed by atoms with van der Waals surface area (Å²) in [5.41, 5.74) is 0. The average molecular weight is 142 g/mol. The van der Waals surface area contributed by atoms with Gasteiger partial charge in [0, 0.05) is 0 Å². The number of hydrogen-bond donors (Lipinski definition) is 0. The molecule has 0 aromatic rings. The van der Waals surface area contributed by atoms with Crippen LogP contribution < -0.4 is 5.01 Å². The van der Waals surface area contributed by atoms with Crippen LogP contribution in [0.3, 0.4) is 0 Å². The van der Waals surface area contributed by atoms with E-state index in [0.29, 0.717) is 0 Å². The van der Waals surface area contributed by atoms with Crippen molar-refractivity contribution >= 4 is 0 Å². The molecule has 0 N–H and O–H groups in total. The first kappa shape index (κ1) is 8.84. The van der Waals surface area contributed by atoms with Crippen molar-refractivity contribution in [3.63, 3.8) is 0 Å². The average Bonchev–Trinajstić information content (AvgIpc) is 1.87. The summed E-state index contributed by atoms with van der Waals surface area (Å²) >= 11 is 0. The van der Waals surface area contributed by atoms with Crippen molar-refractivity contribution in [1.82, 2.24) is 5.01 Å². The second kappa shape index (κ2) is 4.69. The van der Waals surface area contributed by atoms with E-state index in [2.05, 4.69) is 13.2 Å². The van der Waals surface area contributed by atoms with E-state index in [1.807, 2.05) is 0 Å². The van der Waals surface area contributed by atoms with E-state index < -0.39 is 5.03 Å². The van der Waals surface area contributed by atoms with Crippen LogP contribution in [0.5, 0.6) is 0 Å². The standard InChI is InChI=1S/C6H10N2O2/c1-3-5-7(6-4-2)8(9)10/h3-4H,1-2,5-6H2/q+1. The van der Waals surface area contributed by atoms with Gasteiger partial charge in [0.2, 0.25) is 13.1 Å². The predicted octanol–water partition coefficient (Wildman–Crippen LogP) is 0.690. The topological polar surface area (TPSA) is 49.0 Å². The quantitative estimate of drug-likeness (QED) is 0.245. The summed E-state index contributed by atoms with van der Waals surface area (Å²) in [7, 11) is 0. The maximum absolute atomic E-state index is 10.1. The normalized spacial score (nSPS) is 9.30. The van der Waals surface area contributed by atoms with Crippen LogP contribution in [0.4, 0.5) is 0 Å². The molecule has 0 spiro atoms. The molecule has 0 rings (SSSR count). The molecule has 0 aliphatic heterocycles. The third-order valence-electron chi connectivity index (χ3n) is 0.911. The monoisotopic (exact) mass is 142 g/mol. The number of hydrazine groups is 1. The van der Waals surface area contributed by atoms with Crippen molar-refractivity contribution in [2.45, 2.75) is 0 Å². The molecule has 55 valence electrons. The first-order valence-electron chi connectivity index (χ1n) is 2.83. The fraction of sp³-hybridized carbons (Fsp3) is 0.333. The largest absolute Gasteiger partial charge is 0.294 e. The van der Waals surface area contributed by atoms with Crippen molar-refractivity contribution in [1.29, 1.82) is 0 Å². The molecule has 0 fully saturated rings. The smallest absolute Gasteiger partial charge is 0.203 e. The van der Waals surface area contributed by atoms with E-state index in [-0.39, 0.29) is 13.1 Å². The van der Waals surface area contributed by atoms with Gasteiger partial charge in [0.25, 0.3) is 5.03 Å². The van der Waals surface area contributed by atoms with Gasteiger partial charge in [0.05, 0.1) is 0 Å². The Labute approximate surface area is 59.6 Å². The van der Waals surface area contributed by atoms with Crippen molar-refractivity contribution in [2.75, 3.05) is 13.1 Å². The molecular weight excluding hydrogens is 132 g/mol. The van der Waals surface area contributed by atoms with Gasteiger partial charge in [0.1, 0.15) is 0 Å². The zero-order chi connectivity index (χ0) is 7.98. The zero-order valence-electron chi connectivity index (χ0n) is 5.69. The van der Waals surface area contributed by atoms with Gasteiger partial charge in [-0.05, 0) is 12.2 Å². The molecule has 0 atom stereocenters. The predicted molar refractivity (Wildman–Crippen MR) is 39.3 cm³/mol. The van der Waals surface area contributed by atoms with Crippen LogP contribution in [0.1, 0.15) is 0 Å². The summed E-state index contributed by atoms with van der Waals surface area (Å²) in [4.78, 5) is 10.1. The van der Waals surface area contributed by atoms with Crippen LogP contribution in [0.15, 0.2) is 25.3 Å².